The van der Waals surface area contributed by atoms with Gasteiger partial charge in [-0.15, -0.1) is 0 Å². The molecule has 2 nitrogen and oxygen atoms in total. The van der Waals surface area contributed by atoms with E-state index in [0.29, 0.717) is 11.6 Å². The molecule has 2 saturated carbocycles. The van der Waals surface area contributed by atoms with Crippen molar-refractivity contribution in [2.75, 3.05) is 5.32 Å². The number of hydrogen-bond acceptors (Lipinski definition) is 2. The molecule has 0 aliphatic heterocycles. The summed E-state index contributed by atoms with van der Waals surface area (Å²) in [6.07, 6.45) is 5.17. The van der Waals surface area contributed by atoms with E-state index in [0.717, 1.165) is 17.5 Å². The number of benzene rings is 1. The van der Waals surface area contributed by atoms with E-state index in [2.05, 4.69) is 5.32 Å². The minimum absolute atomic E-state index is 0.338. The minimum Gasteiger partial charge on any atom is -0.382 e. The summed E-state index contributed by atoms with van der Waals surface area (Å²) < 4.78 is 13.3. The van der Waals surface area contributed by atoms with E-state index in [1.54, 1.807) is 6.07 Å². The number of fused-ring (bicyclic) bond motifs is 2. The van der Waals surface area contributed by atoms with Gasteiger partial charge >= 0.3 is 0 Å². The van der Waals surface area contributed by atoms with Crippen LogP contribution in [-0.4, -0.2) is 6.04 Å². The summed E-state index contributed by atoms with van der Waals surface area (Å²) >= 11 is 0. The molecule has 88 valence electrons. The second kappa shape index (κ2) is 4.03. The fourth-order valence-electron chi connectivity index (χ4n) is 3.37. The van der Waals surface area contributed by atoms with Crippen LogP contribution in [0.3, 0.4) is 0 Å². The molecule has 2 bridgehead atoms. The zero-order valence-electron chi connectivity index (χ0n) is 9.62. The molecule has 1 N–H and O–H groups in total. The third kappa shape index (κ3) is 2.00. The van der Waals surface area contributed by atoms with E-state index in [1.165, 1.54) is 37.8 Å². The van der Waals surface area contributed by atoms with Crippen LogP contribution in [0.5, 0.6) is 0 Å². The predicted molar refractivity (Wildman–Crippen MR) is 64.0 cm³/mol. The van der Waals surface area contributed by atoms with Crippen LogP contribution in [0, 0.1) is 29.0 Å². The Hall–Kier alpha value is -1.56. The van der Waals surface area contributed by atoms with Gasteiger partial charge in [0.05, 0.1) is 11.6 Å². The van der Waals surface area contributed by atoms with Gasteiger partial charge in [-0.05, 0) is 49.3 Å². The highest BCUT2D eigenvalue weighted by molar-refractivity contribution is 5.50. The number of hydrogen-bond donors (Lipinski definition) is 1. The smallest absolute Gasteiger partial charge is 0.126 e. The van der Waals surface area contributed by atoms with Crippen molar-refractivity contribution in [2.24, 2.45) is 11.8 Å². The Balaban J connectivity index is 1.77. The third-order valence-corrected chi connectivity index (χ3v) is 4.12. The molecule has 3 unspecified atom stereocenters. The summed E-state index contributed by atoms with van der Waals surface area (Å²) in [5.74, 6) is 1.27. The average molecular weight is 230 g/mol. The van der Waals surface area contributed by atoms with E-state index < -0.39 is 0 Å². The summed E-state index contributed by atoms with van der Waals surface area (Å²) in [7, 11) is 0. The van der Waals surface area contributed by atoms with Crippen LogP contribution in [-0.2, 0) is 0 Å². The highest BCUT2D eigenvalue weighted by Crippen LogP contribution is 2.45. The molecule has 0 saturated heterocycles. The Bertz CT molecular complexity index is 478. The van der Waals surface area contributed by atoms with Crippen LogP contribution in [0.25, 0.3) is 0 Å². The van der Waals surface area contributed by atoms with Crippen LogP contribution in [0.15, 0.2) is 18.2 Å². The molecule has 17 heavy (non-hydrogen) atoms. The fourth-order valence-corrected chi connectivity index (χ4v) is 3.37. The van der Waals surface area contributed by atoms with Crippen molar-refractivity contribution in [1.29, 1.82) is 5.26 Å². The molecule has 1 aromatic rings. The van der Waals surface area contributed by atoms with E-state index >= 15 is 0 Å². The maximum Gasteiger partial charge on any atom is 0.126 e. The molecule has 3 rings (SSSR count). The van der Waals surface area contributed by atoms with Crippen LogP contribution < -0.4 is 5.32 Å². The highest BCUT2D eigenvalue weighted by Gasteiger charge is 2.39. The van der Waals surface area contributed by atoms with Crippen molar-refractivity contribution in [1.82, 2.24) is 0 Å². The molecule has 0 aromatic heterocycles. The Morgan fingerprint density at radius 2 is 2.12 bits per heavy atom. The van der Waals surface area contributed by atoms with Crippen LogP contribution in [0.2, 0.25) is 0 Å². The molecular weight excluding hydrogens is 215 g/mol. The van der Waals surface area contributed by atoms with E-state index in [1.807, 2.05) is 6.07 Å². The second-order valence-electron chi connectivity index (χ2n) is 5.27. The molecule has 0 heterocycles. The zero-order valence-corrected chi connectivity index (χ0v) is 9.62. The molecule has 2 aliphatic carbocycles. The Morgan fingerprint density at radius 1 is 1.24 bits per heavy atom. The number of nitrogens with zero attached hydrogens (tertiary/aromatic N) is 1. The number of anilines is 1. The highest BCUT2D eigenvalue weighted by atomic mass is 19.1. The van der Waals surface area contributed by atoms with E-state index in [-0.39, 0.29) is 5.82 Å². The Morgan fingerprint density at radius 3 is 2.76 bits per heavy atom. The van der Waals surface area contributed by atoms with Gasteiger partial charge in [0.15, 0.2) is 0 Å². The van der Waals surface area contributed by atoms with E-state index in [9.17, 15) is 4.39 Å². The maximum absolute atomic E-state index is 13.3. The standard InChI is InChI=1S/C14H15FN2/c15-12-4-10(8-16)5-13(7-12)17-14-6-9-1-2-11(14)3-9/h4-5,7,9,11,14,17H,1-3,6H2. The first-order chi connectivity index (χ1) is 8.24. The van der Waals surface area contributed by atoms with Gasteiger partial charge in [0.2, 0.25) is 0 Å². The van der Waals surface area contributed by atoms with Gasteiger partial charge in [0, 0.05) is 11.7 Å². The number of nitrogens with one attached hydrogen (secondary N) is 1. The summed E-state index contributed by atoms with van der Waals surface area (Å²) in [4.78, 5) is 0. The molecule has 0 amide bonds. The van der Waals surface area contributed by atoms with Crippen molar-refractivity contribution < 1.29 is 4.39 Å². The maximum atomic E-state index is 13.3. The number of rotatable bonds is 2. The van der Waals surface area contributed by atoms with Crippen molar-refractivity contribution in [3.63, 3.8) is 0 Å². The normalized spacial score (nSPS) is 30.2. The lowest BCUT2D eigenvalue weighted by Gasteiger charge is -2.24. The lowest BCUT2D eigenvalue weighted by molar-refractivity contribution is 0.439. The fraction of sp³-hybridized carbons (Fsp3) is 0.500. The average Bonchev–Trinajstić information content (AvgIpc) is 2.90. The molecule has 0 radical (unpaired) electrons. The molecule has 1 aromatic carbocycles. The van der Waals surface area contributed by atoms with Crippen molar-refractivity contribution in [3.8, 4) is 6.07 Å². The Labute approximate surface area is 100 Å². The zero-order chi connectivity index (χ0) is 11.8. The van der Waals surface area contributed by atoms with Crippen molar-refractivity contribution in [3.05, 3.63) is 29.6 Å². The lowest BCUT2D eigenvalue weighted by atomic mass is 9.95. The molecule has 3 heteroatoms. The third-order valence-electron chi connectivity index (χ3n) is 4.12. The molecule has 2 fully saturated rings. The summed E-state index contributed by atoms with van der Waals surface area (Å²) in [5.41, 5.74) is 1.13. The first-order valence-corrected chi connectivity index (χ1v) is 6.22. The van der Waals surface area contributed by atoms with Gasteiger partial charge in [-0.25, -0.2) is 4.39 Å². The van der Waals surface area contributed by atoms with Crippen LogP contribution in [0.4, 0.5) is 10.1 Å². The molecule has 2 aliphatic rings. The van der Waals surface area contributed by atoms with E-state index in [4.69, 9.17) is 5.26 Å². The number of nitriles is 1. The first kappa shape index (κ1) is 10.6. The van der Waals surface area contributed by atoms with Crippen molar-refractivity contribution >= 4 is 5.69 Å². The molecule has 0 spiro atoms. The van der Waals surface area contributed by atoms with Crippen molar-refractivity contribution in [2.45, 2.75) is 31.7 Å². The minimum atomic E-state index is -0.338. The first-order valence-electron chi connectivity index (χ1n) is 6.22. The SMILES string of the molecule is N#Cc1cc(F)cc(NC2CC3CCC2C3)c1. The monoisotopic (exact) mass is 230 g/mol. The van der Waals surface area contributed by atoms with Gasteiger partial charge in [0.1, 0.15) is 5.82 Å². The van der Waals surface area contributed by atoms with Crippen LogP contribution in [0.1, 0.15) is 31.2 Å². The molecular formula is C14H15FN2. The largest absolute Gasteiger partial charge is 0.382 e. The summed E-state index contributed by atoms with van der Waals surface area (Å²) in [5, 5.41) is 12.2. The van der Waals surface area contributed by atoms with Gasteiger partial charge in [-0.2, -0.15) is 5.26 Å². The molecule has 3 atom stereocenters. The van der Waals surface area contributed by atoms with Gasteiger partial charge in [0.25, 0.3) is 0 Å². The van der Waals surface area contributed by atoms with Gasteiger partial charge < -0.3 is 5.32 Å². The van der Waals surface area contributed by atoms with Crippen LogP contribution >= 0.6 is 0 Å². The van der Waals surface area contributed by atoms with Gasteiger partial charge in [-0.3, -0.25) is 0 Å². The summed E-state index contributed by atoms with van der Waals surface area (Å²) in [6, 6.07) is 6.94. The lowest BCUT2D eigenvalue weighted by Crippen LogP contribution is -2.25. The summed E-state index contributed by atoms with van der Waals surface area (Å²) in [6.45, 7) is 0. The topological polar surface area (TPSA) is 35.8 Å². The second-order valence-corrected chi connectivity index (χ2v) is 5.27. The predicted octanol–water partition coefficient (Wildman–Crippen LogP) is 3.30. The Kier molecular flexibility index (Phi) is 2.51. The number of halogens is 1. The quantitative estimate of drug-likeness (QED) is 0.846. The van der Waals surface area contributed by atoms with Gasteiger partial charge in [-0.1, -0.05) is 6.42 Å².